The first kappa shape index (κ1) is 11.1. The standard InChI is InChI=1S/C12H16FN3/c1-3-6-16-11-5-4-9(13)7-10(11)15-12(16)8-14-2/h4-5,7,14H,3,6,8H2,1-2H3. The van der Waals surface area contributed by atoms with Gasteiger partial charge < -0.3 is 9.88 Å². The Labute approximate surface area is 94.3 Å². The van der Waals surface area contributed by atoms with E-state index in [-0.39, 0.29) is 5.82 Å². The highest BCUT2D eigenvalue weighted by atomic mass is 19.1. The second-order valence-corrected chi connectivity index (χ2v) is 3.84. The summed E-state index contributed by atoms with van der Waals surface area (Å²) in [7, 11) is 1.89. The summed E-state index contributed by atoms with van der Waals surface area (Å²) < 4.78 is 15.2. The minimum Gasteiger partial charge on any atom is -0.327 e. The Kier molecular flexibility index (Phi) is 3.19. The molecule has 0 aliphatic carbocycles. The van der Waals surface area contributed by atoms with E-state index in [0.717, 1.165) is 29.8 Å². The lowest BCUT2D eigenvalue weighted by Gasteiger charge is -2.06. The number of fused-ring (bicyclic) bond motifs is 1. The summed E-state index contributed by atoms with van der Waals surface area (Å²) in [6.07, 6.45) is 1.04. The fraction of sp³-hybridized carbons (Fsp3) is 0.417. The summed E-state index contributed by atoms with van der Waals surface area (Å²) in [5, 5.41) is 3.08. The van der Waals surface area contributed by atoms with Crippen LogP contribution in [0.1, 0.15) is 19.2 Å². The van der Waals surface area contributed by atoms with Gasteiger partial charge in [0.05, 0.1) is 17.6 Å². The molecule has 0 saturated carbocycles. The van der Waals surface area contributed by atoms with Gasteiger partial charge in [0.2, 0.25) is 0 Å². The molecule has 2 rings (SSSR count). The fourth-order valence-electron chi connectivity index (χ4n) is 1.92. The van der Waals surface area contributed by atoms with Gasteiger partial charge in [-0.2, -0.15) is 0 Å². The lowest BCUT2D eigenvalue weighted by Crippen LogP contribution is -2.12. The van der Waals surface area contributed by atoms with Gasteiger partial charge in [0.25, 0.3) is 0 Å². The molecule has 0 aliphatic heterocycles. The molecule has 0 radical (unpaired) electrons. The van der Waals surface area contributed by atoms with E-state index in [0.29, 0.717) is 6.54 Å². The summed E-state index contributed by atoms with van der Waals surface area (Å²) in [4.78, 5) is 4.44. The largest absolute Gasteiger partial charge is 0.327 e. The van der Waals surface area contributed by atoms with Gasteiger partial charge in [-0.25, -0.2) is 9.37 Å². The molecule has 1 aromatic carbocycles. The Hall–Kier alpha value is -1.42. The molecule has 0 aliphatic rings. The molecule has 1 N–H and O–H groups in total. The molecule has 0 bridgehead atoms. The third-order valence-corrected chi connectivity index (χ3v) is 2.57. The number of aromatic nitrogens is 2. The van der Waals surface area contributed by atoms with Crippen molar-refractivity contribution in [3.63, 3.8) is 0 Å². The average Bonchev–Trinajstić information content (AvgIpc) is 2.57. The van der Waals surface area contributed by atoms with Crippen molar-refractivity contribution in [1.82, 2.24) is 14.9 Å². The molecule has 0 atom stereocenters. The molecule has 0 spiro atoms. The summed E-state index contributed by atoms with van der Waals surface area (Å²) in [5.74, 6) is 0.731. The molecular weight excluding hydrogens is 205 g/mol. The van der Waals surface area contributed by atoms with Crippen LogP contribution < -0.4 is 5.32 Å². The van der Waals surface area contributed by atoms with Crippen LogP contribution in [-0.2, 0) is 13.1 Å². The Morgan fingerprint density at radius 2 is 2.25 bits per heavy atom. The molecule has 86 valence electrons. The number of hydrogen-bond acceptors (Lipinski definition) is 2. The van der Waals surface area contributed by atoms with Crippen LogP contribution in [0, 0.1) is 5.82 Å². The molecule has 0 saturated heterocycles. The van der Waals surface area contributed by atoms with Crippen LogP contribution in [0.15, 0.2) is 18.2 Å². The smallest absolute Gasteiger partial charge is 0.125 e. The maximum Gasteiger partial charge on any atom is 0.125 e. The van der Waals surface area contributed by atoms with Gasteiger partial charge >= 0.3 is 0 Å². The van der Waals surface area contributed by atoms with Crippen molar-refractivity contribution in [1.29, 1.82) is 0 Å². The summed E-state index contributed by atoms with van der Waals surface area (Å²) in [6.45, 7) is 3.74. The summed E-state index contributed by atoms with van der Waals surface area (Å²) in [5.41, 5.74) is 1.74. The van der Waals surface area contributed by atoms with Gasteiger partial charge in [-0.15, -0.1) is 0 Å². The second-order valence-electron chi connectivity index (χ2n) is 3.84. The lowest BCUT2D eigenvalue weighted by molar-refractivity contribution is 0.626. The first-order valence-electron chi connectivity index (χ1n) is 5.55. The van der Waals surface area contributed by atoms with E-state index in [1.54, 1.807) is 6.07 Å². The molecule has 1 heterocycles. The zero-order valence-corrected chi connectivity index (χ0v) is 9.63. The van der Waals surface area contributed by atoms with Crippen LogP contribution >= 0.6 is 0 Å². The van der Waals surface area contributed by atoms with Crippen LogP contribution in [-0.4, -0.2) is 16.6 Å². The minimum absolute atomic E-state index is 0.232. The molecule has 3 nitrogen and oxygen atoms in total. The highest BCUT2D eigenvalue weighted by Gasteiger charge is 2.09. The fourth-order valence-corrected chi connectivity index (χ4v) is 1.92. The number of aryl methyl sites for hydroxylation is 1. The van der Waals surface area contributed by atoms with Gasteiger partial charge in [0.1, 0.15) is 11.6 Å². The molecule has 2 aromatic rings. The lowest BCUT2D eigenvalue weighted by atomic mass is 10.3. The number of hydrogen-bond donors (Lipinski definition) is 1. The van der Waals surface area contributed by atoms with E-state index < -0.39 is 0 Å². The Bertz CT molecular complexity index is 490. The molecule has 0 amide bonds. The maximum absolute atomic E-state index is 13.1. The quantitative estimate of drug-likeness (QED) is 0.858. The molecule has 4 heteroatoms. The topological polar surface area (TPSA) is 29.9 Å². The van der Waals surface area contributed by atoms with Gasteiger partial charge in [0.15, 0.2) is 0 Å². The SMILES string of the molecule is CCCn1c(CNC)nc2cc(F)ccc21. The first-order valence-corrected chi connectivity index (χ1v) is 5.55. The second kappa shape index (κ2) is 4.61. The molecule has 1 aromatic heterocycles. The van der Waals surface area contributed by atoms with Crippen molar-refractivity contribution in [3.05, 3.63) is 29.8 Å². The highest BCUT2D eigenvalue weighted by Crippen LogP contribution is 2.18. The number of imidazole rings is 1. The van der Waals surface area contributed by atoms with Crippen molar-refractivity contribution in [2.45, 2.75) is 26.4 Å². The van der Waals surface area contributed by atoms with Crippen molar-refractivity contribution in [3.8, 4) is 0 Å². The zero-order chi connectivity index (χ0) is 11.5. The molecule has 0 fully saturated rings. The van der Waals surface area contributed by atoms with E-state index >= 15 is 0 Å². The van der Waals surface area contributed by atoms with E-state index in [1.807, 2.05) is 7.05 Å². The van der Waals surface area contributed by atoms with Crippen molar-refractivity contribution in [2.24, 2.45) is 0 Å². The van der Waals surface area contributed by atoms with Crippen molar-refractivity contribution in [2.75, 3.05) is 7.05 Å². The van der Waals surface area contributed by atoms with Gasteiger partial charge in [-0.05, 0) is 25.6 Å². The summed E-state index contributed by atoms with van der Waals surface area (Å²) in [6, 6.07) is 4.77. The monoisotopic (exact) mass is 221 g/mol. The van der Waals surface area contributed by atoms with Crippen LogP contribution in [0.25, 0.3) is 11.0 Å². The Balaban J connectivity index is 2.56. The van der Waals surface area contributed by atoms with E-state index in [1.165, 1.54) is 12.1 Å². The van der Waals surface area contributed by atoms with Crippen LogP contribution in [0.5, 0.6) is 0 Å². The van der Waals surface area contributed by atoms with Crippen molar-refractivity contribution < 1.29 is 4.39 Å². The molecular formula is C12H16FN3. The average molecular weight is 221 g/mol. The number of halogens is 1. The van der Waals surface area contributed by atoms with Crippen molar-refractivity contribution >= 4 is 11.0 Å². The predicted octanol–water partition coefficient (Wildman–Crippen LogP) is 2.30. The zero-order valence-electron chi connectivity index (χ0n) is 9.63. The summed E-state index contributed by atoms with van der Waals surface area (Å²) >= 11 is 0. The Morgan fingerprint density at radius 3 is 2.94 bits per heavy atom. The van der Waals surface area contributed by atoms with Crippen LogP contribution in [0.3, 0.4) is 0 Å². The van der Waals surface area contributed by atoms with Gasteiger partial charge in [-0.1, -0.05) is 6.92 Å². The van der Waals surface area contributed by atoms with E-state index in [2.05, 4.69) is 21.8 Å². The third-order valence-electron chi connectivity index (χ3n) is 2.57. The first-order chi connectivity index (χ1) is 7.76. The van der Waals surface area contributed by atoms with E-state index in [9.17, 15) is 4.39 Å². The number of benzene rings is 1. The number of nitrogens with zero attached hydrogens (tertiary/aromatic N) is 2. The third kappa shape index (κ3) is 1.93. The van der Waals surface area contributed by atoms with Gasteiger partial charge in [0, 0.05) is 12.6 Å². The molecule has 16 heavy (non-hydrogen) atoms. The number of nitrogens with one attached hydrogen (secondary N) is 1. The van der Waals surface area contributed by atoms with Crippen LogP contribution in [0.2, 0.25) is 0 Å². The highest BCUT2D eigenvalue weighted by molar-refractivity contribution is 5.76. The molecule has 0 unspecified atom stereocenters. The van der Waals surface area contributed by atoms with Crippen LogP contribution in [0.4, 0.5) is 4.39 Å². The minimum atomic E-state index is -0.232. The van der Waals surface area contributed by atoms with Gasteiger partial charge in [-0.3, -0.25) is 0 Å². The normalized spacial score (nSPS) is 11.2. The maximum atomic E-state index is 13.1. The van der Waals surface area contributed by atoms with E-state index in [4.69, 9.17) is 0 Å². The Morgan fingerprint density at radius 1 is 1.44 bits per heavy atom. The number of rotatable bonds is 4. The predicted molar refractivity (Wildman–Crippen MR) is 62.7 cm³/mol.